The van der Waals surface area contributed by atoms with E-state index in [2.05, 4.69) is 53.0 Å². The molecule has 1 N–H and O–H groups in total. The first-order valence-corrected chi connectivity index (χ1v) is 9.42. The summed E-state index contributed by atoms with van der Waals surface area (Å²) in [6.07, 6.45) is 0. The molecule has 0 aliphatic heterocycles. The summed E-state index contributed by atoms with van der Waals surface area (Å²) in [6, 6.07) is 5.79. The van der Waals surface area contributed by atoms with Crippen molar-refractivity contribution in [1.82, 2.24) is 0 Å². The number of hydrogen-bond acceptors (Lipinski definition) is 2. The standard InChI is InChI=1S/C9H7Br2IO.C5H14NO/c10-4-6-2-1-3-7(9(12)13)8(6)5-11;1-6(2,3)4-5-7/h1-3H,4-5H2;7H,4-5H2,1-3H3/q;+1. The van der Waals surface area contributed by atoms with Gasteiger partial charge in [0.05, 0.1) is 27.7 Å². The SMILES string of the molecule is C[N+](C)(C)CCO.O=C(I)c1cccc(CBr)c1CBr. The number of quaternary nitrogens is 1. The first-order chi connectivity index (χ1) is 9.26. The average Bonchev–Trinajstić information content (AvgIpc) is 2.36. The van der Waals surface area contributed by atoms with Crippen molar-refractivity contribution in [2.45, 2.75) is 10.7 Å². The zero-order valence-corrected chi connectivity index (χ0v) is 17.3. The molecule has 0 amide bonds. The fraction of sp³-hybridized carbons (Fsp3) is 0.500. The van der Waals surface area contributed by atoms with Gasteiger partial charge in [-0.15, -0.1) is 0 Å². The number of aliphatic hydroxyl groups is 1. The second kappa shape index (κ2) is 10.3. The lowest BCUT2D eigenvalue weighted by molar-refractivity contribution is -0.870. The number of carbonyl (C=O) groups excluding carboxylic acids is 1. The summed E-state index contributed by atoms with van der Waals surface area (Å²) in [7, 11) is 6.16. The van der Waals surface area contributed by atoms with Crippen LogP contribution in [0.2, 0.25) is 0 Å². The van der Waals surface area contributed by atoms with Crippen molar-refractivity contribution >= 4 is 58.2 Å². The normalized spacial score (nSPS) is 10.8. The second-order valence-electron chi connectivity index (χ2n) is 5.22. The molecule has 0 aliphatic rings. The Hall–Kier alpha value is 0.500. The van der Waals surface area contributed by atoms with Crippen LogP contribution in [0.4, 0.5) is 0 Å². The quantitative estimate of drug-likeness (QED) is 0.277. The van der Waals surface area contributed by atoms with E-state index >= 15 is 0 Å². The maximum Gasteiger partial charge on any atom is 0.222 e. The number of alkyl halides is 2. The lowest BCUT2D eigenvalue weighted by Crippen LogP contribution is -2.36. The first-order valence-electron chi connectivity index (χ1n) is 6.10. The van der Waals surface area contributed by atoms with Crippen LogP contribution in [-0.2, 0) is 10.7 Å². The summed E-state index contributed by atoms with van der Waals surface area (Å²) >= 11 is 8.60. The van der Waals surface area contributed by atoms with E-state index in [0.29, 0.717) is 0 Å². The van der Waals surface area contributed by atoms with Crippen LogP contribution in [0.1, 0.15) is 21.5 Å². The van der Waals surface area contributed by atoms with Gasteiger partial charge in [0.25, 0.3) is 0 Å². The number of hydrogen-bond donors (Lipinski definition) is 1. The van der Waals surface area contributed by atoms with Crippen molar-refractivity contribution in [3.8, 4) is 0 Å². The maximum atomic E-state index is 11.2. The van der Waals surface area contributed by atoms with Gasteiger partial charge in [-0.05, 0) is 11.1 Å². The Balaban J connectivity index is 0.000000441. The van der Waals surface area contributed by atoms with Gasteiger partial charge in [0.2, 0.25) is 3.79 Å². The molecule has 0 saturated heterocycles. The molecule has 0 bridgehead atoms. The molecule has 0 atom stereocenters. The number of benzene rings is 1. The Bertz CT molecular complexity index is 434. The molecule has 0 heterocycles. The van der Waals surface area contributed by atoms with E-state index in [4.69, 9.17) is 5.11 Å². The van der Waals surface area contributed by atoms with Crippen LogP contribution < -0.4 is 0 Å². The summed E-state index contributed by atoms with van der Waals surface area (Å²) in [5, 5.41) is 9.89. The zero-order valence-electron chi connectivity index (χ0n) is 12.0. The molecule has 1 aromatic carbocycles. The second-order valence-corrected chi connectivity index (χ2v) is 7.32. The van der Waals surface area contributed by atoms with E-state index < -0.39 is 0 Å². The summed E-state index contributed by atoms with van der Waals surface area (Å²) in [5.74, 6) is 0. The number of nitrogens with zero attached hydrogens (tertiary/aromatic N) is 1. The molecule has 3 nitrogen and oxygen atoms in total. The molecule has 0 saturated carbocycles. The number of rotatable bonds is 5. The van der Waals surface area contributed by atoms with Crippen LogP contribution in [0.3, 0.4) is 0 Å². The third kappa shape index (κ3) is 8.07. The van der Waals surface area contributed by atoms with Crippen LogP contribution in [-0.4, -0.2) is 47.7 Å². The molecule has 114 valence electrons. The summed E-state index contributed by atoms with van der Waals surface area (Å²) in [5.41, 5.74) is 3.05. The summed E-state index contributed by atoms with van der Waals surface area (Å²) in [6.45, 7) is 1.11. The van der Waals surface area contributed by atoms with Crippen LogP contribution in [0.5, 0.6) is 0 Å². The Kier molecular flexibility index (Phi) is 10.5. The van der Waals surface area contributed by atoms with Crippen LogP contribution >= 0.6 is 54.5 Å². The van der Waals surface area contributed by atoms with Gasteiger partial charge in [-0.1, -0.05) is 50.1 Å². The number of halogens is 3. The lowest BCUT2D eigenvalue weighted by atomic mass is 10.0. The van der Waals surface area contributed by atoms with Crippen molar-refractivity contribution < 1.29 is 14.4 Å². The molecule has 1 rings (SSSR count). The molecular formula is C14H21Br2INO2+. The van der Waals surface area contributed by atoms with E-state index in [0.717, 1.165) is 32.8 Å². The Morgan fingerprint density at radius 3 is 2.15 bits per heavy atom. The zero-order chi connectivity index (χ0) is 15.8. The first kappa shape index (κ1) is 20.5. The third-order valence-corrected chi connectivity index (χ3v) is 4.28. The third-order valence-electron chi connectivity index (χ3n) is 2.53. The van der Waals surface area contributed by atoms with Crippen molar-refractivity contribution in [2.75, 3.05) is 34.3 Å². The van der Waals surface area contributed by atoms with Crippen LogP contribution in [0.25, 0.3) is 0 Å². The van der Waals surface area contributed by atoms with Crippen LogP contribution in [0.15, 0.2) is 18.2 Å². The minimum atomic E-state index is 0.0925. The molecule has 0 spiro atoms. The van der Waals surface area contributed by atoms with Gasteiger partial charge in [0.1, 0.15) is 6.54 Å². The largest absolute Gasteiger partial charge is 0.391 e. The predicted octanol–water partition coefficient (Wildman–Crippen LogP) is 3.74. The van der Waals surface area contributed by atoms with Crippen molar-refractivity contribution in [1.29, 1.82) is 0 Å². The molecule has 0 unspecified atom stereocenters. The van der Waals surface area contributed by atoms with Gasteiger partial charge in [-0.25, -0.2) is 0 Å². The van der Waals surface area contributed by atoms with Crippen molar-refractivity contribution in [3.63, 3.8) is 0 Å². The molecule has 0 radical (unpaired) electrons. The summed E-state index contributed by atoms with van der Waals surface area (Å²) < 4.78 is 0.936. The fourth-order valence-electron chi connectivity index (χ4n) is 1.40. The monoisotopic (exact) mass is 520 g/mol. The molecule has 0 aromatic heterocycles. The van der Waals surface area contributed by atoms with Gasteiger partial charge in [-0.2, -0.15) is 0 Å². The molecule has 20 heavy (non-hydrogen) atoms. The Morgan fingerprint density at radius 2 is 1.85 bits per heavy atom. The van der Waals surface area contributed by atoms with E-state index in [1.807, 2.05) is 40.8 Å². The van der Waals surface area contributed by atoms with Gasteiger partial charge < -0.3 is 9.59 Å². The highest BCUT2D eigenvalue weighted by molar-refractivity contribution is 14.1. The maximum absolute atomic E-state index is 11.2. The van der Waals surface area contributed by atoms with Crippen LogP contribution in [0, 0.1) is 0 Å². The molecular weight excluding hydrogens is 501 g/mol. The smallest absolute Gasteiger partial charge is 0.222 e. The van der Waals surface area contributed by atoms with Crippen molar-refractivity contribution in [3.05, 3.63) is 34.9 Å². The minimum Gasteiger partial charge on any atom is -0.391 e. The Morgan fingerprint density at radius 1 is 1.25 bits per heavy atom. The highest BCUT2D eigenvalue weighted by Crippen LogP contribution is 2.22. The molecule has 0 aliphatic carbocycles. The number of carbonyl (C=O) groups is 1. The summed E-state index contributed by atoms with van der Waals surface area (Å²) in [4.78, 5) is 11.2. The highest BCUT2D eigenvalue weighted by atomic mass is 127. The van der Waals surface area contributed by atoms with Crippen molar-refractivity contribution in [2.24, 2.45) is 0 Å². The van der Waals surface area contributed by atoms with E-state index in [-0.39, 0.29) is 10.4 Å². The number of likely N-dealkylation sites (N-methyl/N-ethyl adjacent to an activating group) is 1. The van der Waals surface area contributed by atoms with E-state index in [1.54, 1.807) is 0 Å². The van der Waals surface area contributed by atoms with E-state index in [1.165, 1.54) is 5.56 Å². The number of aliphatic hydroxyl groups excluding tert-OH is 1. The van der Waals surface area contributed by atoms with Gasteiger partial charge in [-0.3, -0.25) is 4.79 Å². The Labute approximate surface area is 151 Å². The van der Waals surface area contributed by atoms with Gasteiger partial charge in [0.15, 0.2) is 0 Å². The average molecular weight is 522 g/mol. The fourth-order valence-corrected chi connectivity index (χ4v) is 3.09. The molecule has 0 fully saturated rings. The van der Waals surface area contributed by atoms with E-state index in [9.17, 15) is 4.79 Å². The highest BCUT2D eigenvalue weighted by Gasteiger charge is 2.10. The van der Waals surface area contributed by atoms with Gasteiger partial charge >= 0.3 is 0 Å². The predicted molar refractivity (Wildman–Crippen MR) is 100 cm³/mol. The van der Waals surface area contributed by atoms with Gasteiger partial charge in [0, 0.05) is 38.8 Å². The minimum absolute atomic E-state index is 0.0925. The molecule has 1 aromatic rings. The molecule has 6 heteroatoms. The topological polar surface area (TPSA) is 37.3 Å². The lowest BCUT2D eigenvalue weighted by Gasteiger charge is -2.21.